The fourth-order valence-electron chi connectivity index (χ4n) is 5.17. The van der Waals surface area contributed by atoms with Gasteiger partial charge in [-0.3, -0.25) is 14.3 Å². The van der Waals surface area contributed by atoms with Crippen molar-refractivity contribution in [2.75, 3.05) is 51.3 Å². The maximum absolute atomic E-state index is 13.1. The lowest BCUT2D eigenvalue weighted by Gasteiger charge is -2.35. The van der Waals surface area contributed by atoms with Crippen LogP contribution in [0.25, 0.3) is 10.9 Å². The Morgan fingerprint density at radius 3 is 2.79 bits per heavy atom. The number of nitrogens with one attached hydrogen (secondary N) is 1. The molecule has 9 nitrogen and oxygen atoms in total. The van der Waals surface area contributed by atoms with E-state index in [1.165, 1.54) is 6.07 Å². The average molecular weight is 545 g/mol. The highest BCUT2D eigenvalue weighted by molar-refractivity contribution is 6.03. The Morgan fingerprint density at radius 1 is 1.08 bits per heavy atom. The minimum Gasteiger partial charge on any atom is -0.380 e. The fourth-order valence-corrected chi connectivity index (χ4v) is 5.17. The van der Waals surface area contributed by atoms with Crippen molar-refractivity contribution in [2.24, 2.45) is 5.92 Å². The van der Waals surface area contributed by atoms with Gasteiger partial charge in [0.25, 0.3) is 5.91 Å². The Bertz CT molecular complexity index is 1320. The number of carbonyl (C=O) groups excluding carboxylic acids is 2. The maximum atomic E-state index is 13.1. The van der Waals surface area contributed by atoms with E-state index in [1.54, 1.807) is 29.1 Å². The molecule has 39 heavy (non-hydrogen) atoms. The largest absolute Gasteiger partial charge is 0.433 e. The molecule has 2 aliphatic rings. The van der Waals surface area contributed by atoms with E-state index in [4.69, 9.17) is 4.74 Å². The van der Waals surface area contributed by atoms with Gasteiger partial charge in [-0.05, 0) is 55.5 Å². The van der Waals surface area contributed by atoms with Gasteiger partial charge in [0.2, 0.25) is 5.91 Å². The van der Waals surface area contributed by atoms with Gasteiger partial charge in [-0.15, -0.1) is 0 Å². The van der Waals surface area contributed by atoms with E-state index in [-0.39, 0.29) is 18.1 Å². The second kappa shape index (κ2) is 11.7. The highest BCUT2D eigenvalue weighted by Gasteiger charge is 2.33. The number of likely N-dealkylation sites (tertiary alicyclic amines) is 1. The van der Waals surface area contributed by atoms with E-state index in [9.17, 15) is 22.8 Å². The second-order valence-corrected chi connectivity index (χ2v) is 10.1. The highest BCUT2D eigenvalue weighted by Crippen LogP contribution is 2.27. The van der Waals surface area contributed by atoms with Gasteiger partial charge < -0.3 is 19.9 Å². The van der Waals surface area contributed by atoms with Gasteiger partial charge in [0, 0.05) is 56.6 Å². The van der Waals surface area contributed by atoms with Gasteiger partial charge in [0.05, 0.1) is 12.1 Å². The van der Waals surface area contributed by atoms with Crippen molar-refractivity contribution in [1.82, 2.24) is 24.6 Å². The van der Waals surface area contributed by atoms with Crippen molar-refractivity contribution in [2.45, 2.75) is 32.0 Å². The van der Waals surface area contributed by atoms with Gasteiger partial charge >= 0.3 is 6.18 Å². The first-order chi connectivity index (χ1) is 18.7. The monoisotopic (exact) mass is 544 g/mol. The summed E-state index contributed by atoms with van der Waals surface area (Å²) in [6.07, 6.45) is 0.210. The molecule has 0 aliphatic carbocycles. The van der Waals surface area contributed by atoms with Gasteiger partial charge in [-0.25, -0.2) is 4.98 Å². The summed E-state index contributed by atoms with van der Waals surface area (Å²) in [5, 5.41) is 7.76. The Labute approximate surface area is 223 Å². The van der Waals surface area contributed by atoms with Crippen molar-refractivity contribution < 1.29 is 27.5 Å². The number of halogens is 3. The molecule has 1 atom stereocenters. The van der Waals surface area contributed by atoms with Crippen molar-refractivity contribution >= 4 is 28.4 Å². The average Bonchev–Trinajstić information content (AvgIpc) is 3.13. The molecule has 0 bridgehead atoms. The number of anilines is 1. The van der Waals surface area contributed by atoms with Gasteiger partial charge in [-0.2, -0.15) is 18.3 Å². The Kier molecular flexibility index (Phi) is 8.12. The number of nitrogens with zero attached hydrogens (tertiary/aromatic N) is 5. The van der Waals surface area contributed by atoms with Crippen LogP contribution in [-0.2, 0) is 22.3 Å². The van der Waals surface area contributed by atoms with Crippen LogP contribution in [0.2, 0.25) is 0 Å². The van der Waals surface area contributed by atoms with Crippen molar-refractivity contribution in [3.8, 4) is 0 Å². The van der Waals surface area contributed by atoms with E-state index in [0.29, 0.717) is 22.5 Å². The molecule has 208 valence electrons. The number of pyridine rings is 1. The summed E-state index contributed by atoms with van der Waals surface area (Å²) in [5.41, 5.74) is -0.448. The molecule has 2 aliphatic heterocycles. The first-order valence-corrected chi connectivity index (χ1v) is 13.2. The number of ether oxygens (including phenoxy) is 1. The number of fused-ring (bicyclic) bond motifs is 1. The van der Waals surface area contributed by atoms with Crippen LogP contribution in [0, 0.1) is 5.92 Å². The van der Waals surface area contributed by atoms with E-state index in [0.717, 1.165) is 77.3 Å². The molecule has 12 heteroatoms. The molecule has 0 radical (unpaired) electrons. The predicted octanol–water partition coefficient (Wildman–Crippen LogP) is 3.66. The van der Waals surface area contributed by atoms with Crippen LogP contribution in [-0.4, -0.2) is 82.3 Å². The molecule has 3 aromatic rings. The molecular formula is C27H31F3N6O3. The number of hydrogen-bond donors (Lipinski definition) is 1. The highest BCUT2D eigenvalue weighted by atomic mass is 19.4. The van der Waals surface area contributed by atoms with E-state index in [1.807, 2.05) is 4.90 Å². The minimum absolute atomic E-state index is 0.0100. The first kappa shape index (κ1) is 27.1. The Balaban J connectivity index is 1.19. The Morgan fingerprint density at radius 2 is 1.95 bits per heavy atom. The fraction of sp³-hybridized carbons (Fsp3) is 0.481. The van der Waals surface area contributed by atoms with Gasteiger partial charge in [0.1, 0.15) is 17.9 Å². The molecule has 0 spiro atoms. The quantitative estimate of drug-likeness (QED) is 0.509. The van der Waals surface area contributed by atoms with Gasteiger partial charge in [-0.1, -0.05) is 6.07 Å². The zero-order chi connectivity index (χ0) is 27.4. The van der Waals surface area contributed by atoms with Crippen LogP contribution in [0.1, 0.15) is 35.4 Å². The molecule has 2 fully saturated rings. The summed E-state index contributed by atoms with van der Waals surface area (Å²) in [4.78, 5) is 33.4. The summed E-state index contributed by atoms with van der Waals surface area (Å²) in [7, 11) is 0. The molecule has 4 heterocycles. The number of benzene rings is 1. The number of amides is 2. The standard InChI is InChI=1S/C27H31F3N6O3/c28-27(29,30)24-6-1-5-23(32-24)26(38)31-21-7-8-22-20(14-21)17-36(33-22)18-25(37)35-10-2-4-19(16-35)15-34-9-3-12-39-13-11-34/h1,5-8,14,17,19H,2-4,9-13,15-16,18H2,(H,31,38)/t19-/m1/s1. The number of piperidine rings is 1. The lowest BCUT2D eigenvalue weighted by atomic mass is 9.97. The van der Waals surface area contributed by atoms with Crippen LogP contribution < -0.4 is 5.32 Å². The molecular weight excluding hydrogens is 513 g/mol. The topological polar surface area (TPSA) is 92.6 Å². The molecule has 0 unspecified atom stereocenters. The summed E-state index contributed by atoms with van der Waals surface area (Å²) in [5.74, 6) is -0.304. The lowest BCUT2D eigenvalue weighted by molar-refractivity contribution is -0.141. The maximum Gasteiger partial charge on any atom is 0.433 e. The van der Waals surface area contributed by atoms with Crippen molar-refractivity contribution in [3.63, 3.8) is 0 Å². The van der Waals surface area contributed by atoms with Crippen molar-refractivity contribution in [3.05, 3.63) is 54.0 Å². The molecule has 2 aromatic heterocycles. The normalized spacial score (nSPS) is 19.2. The van der Waals surface area contributed by atoms with Crippen molar-refractivity contribution in [1.29, 1.82) is 0 Å². The van der Waals surface area contributed by atoms with Crippen LogP contribution >= 0.6 is 0 Å². The number of aromatic nitrogens is 3. The molecule has 2 saturated heterocycles. The summed E-state index contributed by atoms with van der Waals surface area (Å²) in [6, 6.07) is 8.14. The molecule has 5 rings (SSSR count). The van der Waals surface area contributed by atoms with Crippen LogP contribution in [0.3, 0.4) is 0 Å². The zero-order valence-electron chi connectivity index (χ0n) is 21.5. The number of hydrogen-bond acceptors (Lipinski definition) is 6. The number of carbonyl (C=O) groups is 2. The van der Waals surface area contributed by atoms with E-state index in [2.05, 4.69) is 20.3 Å². The molecule has 2 amide bonds. The van der Waals surface area contributed by atoms with E-state index < -0.39 is 17.8 Å². The summed E-state index contributed by atoms with van der Waals surface area (Å²) in [6.45, 7) is 6.08. The SMILES string of the molecule is O=C(Nc1ccc2nn(CC(=O)N3CCC[C@H](CN4CCCOCC4)C3)cc2c1)c1cccc(C(F)(F)F)n1. The second-order valence-electron chi connectivity index (χ2n) is 10.1. The number of rotatable bonds is 6. The molecule has 1 N–H and O–H groups in total. The third-order valence-electron chi connectivity index (χ3n) is 7.08. The first-order valence-electron chi connectivity index (χ1n) is 13.2. The third kappa shape index (κ3) is 6.93. The van der Waals surface area contributed by atoms with Crippen LogP contribution in [0.4, 0.5) is 18.9 Å². The predicted molar refractivity (Wildman–Crippen MR) is 138 cm³/mol. The van der Waals surface area contributed by atoms with E-state index >= 15 is 0 Å². The molecule has 0 saturated carbocycles. The molecule has 1 aromatic carbocycles. The van der Waals surface area contributed by atoms with Gasteiger partial charge in [0.15, 0.2) is 0 Å². The smallest absolute Gasteiger partial charge is 0.380 e. The summed E-state index contributed by atoms with van der Waals surface area (Å²) >= 11 is 0. The lowest BCUT2D eigenvalue weighted by Crippen LogP contribution is -2.45. The third-order valence-corrected chi connectivity index (χ3v) is 7.08. The summed E-state index contributed by atoms with van der Waals surface area (Å²) < 4.78 is 45.9. The van der Waals surface area contributed by atoms with Crippen LogP contribution in [0.15, 0.2) is 42.6 Å². The zero-order valence-corrected chi connectivity index (χ0v) is 21.5. The Hall–Kier alpha value is -3.51. The van der Waals surface area contributed by atoms with Crippen LogP contribution in [0.5, 0.6) is 0 Å². The number of alkyl halides is 3. The minimum atomic E-state index is -4.64.